The summed E-state index contributed by atoms with van der Waals surface area (Å²) in [5.41, 5.74) is -0.00209. The molecule has 24 heavy (non-hydrogen) atoms. The molecule has 0 spiro atoms. The van der Waals surface area contributed by atoms with Gasteiger partial charge >= 0.3 is 5.97 Å². The second-order valence-electron chi connectivity index (χ2n) is 6.32. The lowest BCUT2D eigenvalue weighted by atomic mass is 9.73. The van der Waals surface area contributed by atoms with E-state index in [0.717, 1.165) is 16.1 Å². The maximum absolute atomic E-state index is 12.8. The van der Waals surface area contributed by atoms with Crippen LogP contribution in [-0.4, -0.2) is 45.7 Å². The van der Waals surface area contributed by atoms with Crippen LogP contribution in [0.15, 0.2) is 24.3 Å². The topological polar surface area (TPSA) is 98.8 Å². The first kappa shape index (κ1) is 17.1. The van der Waals surface area contributed by atoms with Gasteiger partial charge in [-0.15, -0.1) is 4.31 Å². The second kappa shape index (κ2) is 5.65. The molecule has 1 N–H and O–H groups in total. The number of hydrogen-bond donors (Lipinski definition) is 1. The van der Waals surface area contributed by atoms with Gasteiger partial charge in [0.2, 0.25) is 5.91 Å². The maximum atomic E-state index is 12.8. The van der Waals surface area contributed by atoms with Gasteiger partial charge in [0, 0.05) is 11.6 Å². The van der Waals surface area contributed by atoms with Gasteiger partial charge in [0.25, 0.3) is 0 Å². The average Bonchev–Trinajstić information content (AvgIpc) is 2.83. The number of fused-ring (bicyclic) bond motifs is 3. The molecule has 2 aliphatic heterocycles. The SMILES string of the molecule is CCOC(=O)[C@H]1CN([S+](C)(=O)[O-])[C@]2(C)C(=O)Nc3ccccc3[C@H]12. The Labute approximate surface area is 141 Å². The number of carbonyl (C=O) groups is 2. The van der Waals surface area contributed by atoms with Crippen LogP contribution >= 0.6 is 0 Å². The monoisotopic (exact) mass is 352 g/mol. The molecule has 1 fully saturated rings. The molecule has 0 aromatic heterocycles. The highest BCUT2D eigenvalue weighted by atomic mass is 32.3. The molecule has 130 valence electrons. The summed E-state index contributed by atoms with van der Waals surface area (Å²) in [6.45, 7) is 3.40. The Morgan fingerprint density at radius 1 is 1.50 bits per heavy atom. The lowest BCUT2D eigenvalue weighted by Gasteiger charge is -2.41. The molecule has 8 heteroatoms. The van der Waals surface area contributed by atoms with Gasteiger partial charge in [-0.05, 0) is 25.5 Å². The summed E-state index contributed by atoms with van der Waals surface area (Å²) in [5.74, 6) is -2.22. The summed E-state index contributed by atoms with van der Waals surface area (Å²) in [6.07, 6.45) is 1.05. The zero-order valence-electron chi connectivity index (χ0n) is 13.8. The molecule has 0 saturated carbocycles. The van der Waals surface area contributed by atoms with Crippen LogP contribution < -0.4 is 5.32 Å². The number of rotatable bonds is 3. The van der Waals surface area contributed by atoms with Crippen LogP contribution in [0.25, 0.3) is 0 Å². The summed E-state index contributed by atoms with van der Waals surface area (Å²) < 4.78 is 30.8. The number of nitrogens with one attached hydrogen (secondary N) is 1. The number of nitrogens with zero attached hydrogens (tertiary/aromatic N) is 1. The van der Waals surface area contributed by atoms with Crippen LogP contribution in [0.4, 0.5) is 5.69 Å². The molecular formula is C16H20N2O5S. The van der Waals surface area contributed by atoms with Gasteiger partial charge in [-0.2, -0.15) is 0 Å². The predicted octanol–water partition coefficient (Wildman–Crippen LogP) is 1.15. The van der Waals surface area contributed by atoms with Crippen molar-refractivity contribution in [2.24, 2.45) is 5.92 Å². The van der Waals surface area contributed by atoms with Gasteiger partial charge < -0.3 is 14.6 Å². The zero-order valence-corrected chi connectivity index (χ0v) is 14.6. The highest BCUT2D eigenvalue weighted by Crippen LogP contribution is 2.52. The lowest BCUT2D eigenvalue weighted by Crippen LogP contribution is -2.59. The minimum Gasteiger partial charge on any atom is -0.598 e. The Morgan fingerprint density at radius 3 is 2.79 bits per heavy atom. The van der Waals surface area contributed by atoms with Crippen molar-refractivity contribution in [2.75, 3.05) is 24.7 Å². The van der Waals surface area contributed by atoms with Crippen molar-refractivity contribution in [3.05, 3.63) is 29.8 Å². The van der Waals surface area contributed by atoms with Crippen LogP contribution in [-0.2, 0) is 28.9 Å². The third kappa shape index (κ3) is 2.37. The van der Waals surface area contributed by atoms with Crippen LogP contribution in [0.2, 0.25) is 0 Å². The van der Waals surface area contributed by atoms with E-state index in [9.17, 15) is 18.4 Å². The van der Waals surface area contributed by atoms with Gasteiger partial charge in [0.1, 0.15) is 22.2 Å². The van der Waals surface area contributed by atoms with Crippen LogP contribution in [0, 0.1) is 5.92 Å². The van der Waals surface area contributed by atoms with E-state index < -0.39 is 39.7 Å². The molecule has 1 amide bonds. The Hall–Kier alpha value is -1.77. The van der Waals surface area contributed by atoms with E-state index in [1.807, 2.05) is 12.1 Å². The molecule has 3 rings (SSSR count). The number of carbonyl (C=O) groups excluding carboxylic acids is 2. The van der Waals surface area contributed by atoms with E-state index in [1.54, 1.807) is 26.0 Å². The van der Waals surface area contributed by atoms with E-state index in [4.69, 9.17) is 4.74 Å². The predicted molar refractivity (Wildman–Crippen MR) is 87.8 cm³/mol. The summed E-state index contributed by atoms with van der Waals surface area (Å²) in [5, 5.41) is 2.77. The first-order valence-electron chi connectivity index (χ1n) is 7.76. The zero-order chi connectivity index (χ0) is 17.7. The van der Waals surface area contributed by atoms with Crippen molar-refractivity contribution < 1.29 is 23.1 Å². The summed E-state index contributed by atoms with van der Waals surface area (Å²) >= 11 is 0. The van der Waals surface area contributed by atoms with Gasteiger partial charge in [-0.1, -0.05) is 22.4 Å². The number of amides is 1. The number of sulfonamides is 1. The van der Waals surface area contributed by atoms with Crippen LogP contribution in [0.3, 0.4) is 0 Å². The Morgan fingerprint density at radius 2 is 2.17 bits per heavy atom. The van der Waals surface area contributed by atoms with E-state index in [2.05, 4.69) is 5.32 Å². The van der Waals surface area contributed by atoms with Gasteiger partial charge in [-0.3, -0.25) is 9.59 Å². The number of anilines is 1. The second-order valence-corrected chi connectivity index (χ2v) is 8.23. The van der Waals surface area contributed by atoms with E-state index in [0.29, 0.717) is 5.69 Å². The van der Waals surface area contributed by atoms with Crippen molar-refractivity contribution in [3.63, 3.8) is 0 Å². The molecule has 4 atom stereocenters. The van der Waals surface area contributed by atoms with Crippen molar-refractivity contribution in [1.82, 2.24) is 4.31 Å². The van der Waals surface area contributed by atoms with Crippen LogP contribution in [0.5, 0.6) is 0 Å². The first-order valence-corrected chi connectivity index (χ1v) is 9.61. The molecule has 1 aromatic carbocycles. The van der Waals surface area contributed by atoms with Crippen molar-refractivity contribution in [2.45, 2.75) is 25.3 Å². The number of benzene rings is 1. The minimum atomic E-state index is -3.68. The summed E-state index contributed by atoms with van der Waals surface area (Å²) in [7, 11) is -3.68. The molecular weight excluding hydrogens is 332 g/mol. The number of para-hydroxylation sites is 1. The highest BCUT2D eigenvalue weighted by Gasteiger charge is 2.65. The normalized spacial score (nSPS) is 31.6. The fourth-order valence-corrected chi connectivity index (χ4v) is 5.18. The number of ether oxygens (including phenoxy) is 1. The standard InChI is InChI=1S/C16H20N2O5S/c1-4-23-14(19)11-9-18(24(3,21)22)16(2)13(11)10-7-5-6-8-12(10)17-15(16)20/h5-8,11,13H,4,9H2,1-3H3,(H-,17,20,21,22)/t11-,13+,16-/m0/s1. The fraction of sp³-hybridized carbons (Fsp3) is 0.500. The summed E-state index contributed by atoms with van der Waals surface area (Å²) in [6, 6.07) is 7.15. The largest absolute Gasteiger partial charge is 0.598 e. The van der Waals surface area contributed by atoms with Gasteiger partial charge in [0.15, 0.2) is 0 Å². The van der Waals surface area contributed by atoms with E-state index in [-0.39, 0.29) is 13.2 Å². The van der Waals surface area contributed by atoms with Crippen LogP contribution in [0.1, 0.15) is 25.3 Å². The molecule has 0 aliphatic carbocycles. The molecule has 0 radical (unpaired) electrons. The quantitative estimate of drug-likeness (QED) is 0.650. The first-order chi connectivity index (χ1) is 11.2. The van der Waals surface area contributed by atoms with Crippen molar-refractivity contribution in [1.29, 1.82) is 0 Å². The third-order valence-corrected chi connectivity index (χ3v) is 6.21. The van der Waals surface area contributed by atoms with Crippen molar-refractivity contribution in [3.8, 4) is 0 Å². The van der Waals surface area contributed by atoms with Gasteiger partial charge in [0.05, 0.1) is 19.1 Å². The lowest BCUT2D eigenvalue weighted by molar-refractivity contribution is -0.148. The Kier molecular flexibility index (Phi) is 4.01. The molecule has 7 nitrogen and oxygen atoms in total. The molecule has 2 heterocycles. The smallest absolute Gasteiger partial charge is 0.311 e. The van der Waals surface area contributed by atoms with Crippen molar-refractivity contribution >= 4 is 28.0 Å². The minimum absolute atomic E-state index is 0.0689. The number of esters is 1. The van der Waals surface area contributed by atoms with Gasteiger partial charge in [-0.25, -0.2) is 0 Å². The third-order valence-electron chi connectivity index (χ3n) is 4.88. The average molecular weight is 352 g/mol. The molecule has 0 bridgehead atoms. The Bertz CT molecular complexity index is 746. The molecule has 2 aliphatic rings. The molecule has 1 aromatic rings. The maximum Gasteiger partial charge on any atom is 0.311 e. The van der Waals surface area contributed by atoms with E-state index in [1.165, 1.54) is 0 Å². The van der Waals surface area contributed by atoms with E-state index >= 15 is 0 Å². The summed E-state index contributed by atoms with van der Waals surface area (Å²) in [4.78, 5) is 25.2. The molecule has 1 unspecified atom stereocenters. The fourth-order valence-electron chi connectivity index (χ4n) is 3.87. The highest BCUT2D eigenvalue weighted by molar-refractivity contribution is 7.94. The Balaban J connectivity index is 2.18. The number of hydrogen-bond acceptors (Lipinski definition) is 5. The molecule has 1 saturated heterocycles.